The van der Waals surface area contributed by atoms with Crippen molar-refractivity contribution in [3.05, 3.63) is 34.3 Å². The van der Waals surface area contributed by atoms with Crippen molar-refractivity contribution in [3.63, 3.8) is 0 Å². The van der Waals surface area contributed by atoms with Crippen LogP contribution in [-0.2, 0) is 16.4 Å². The van der Waals surface area contributed by atoms with Crippen LogP contribution in [0.4, 0.5) is 0 Å². The van der Waals surface area contributed by atoms with Gasteiger partial charge in [-0.15, -0.1) is 0 Å². The largest absolute Gasteiger partial charge is 0.312 e. The summed E-state index contributed by atoms with van der Waals surface area (Å²) in [6.45, 7) is 2.52. The first-order valence-corrected chi connectivity index (χ1v) is 7.78. The molecule has 0 aliphatic carbocycles. The zero-order valence-corrected chi connectivity index (χ0v) is 11.7. The Kier molecular flexibility index (Phi) is 5.60. The molecule has 0 saturated heterocycles. The van der Waals surface area contributed by atoms with Crippen molar-refractivity contribution in [2.24, 2.45) is 0 Å². The Hall–Kier alpha value is -1.09. The maximum Gasteiger partial charge on any atom is 0.151 e. The van der Waals surface area contributed by atoms with Crippen LogP contribution in [0.15, 0.2) is 18.2 Å². The molecule has 0 spiro atoms. The predicted molar refractivity (Wildman–Crippen MR) is 72.2 cm³/mol. The fourth-order valence-corrected chi connectivity index (χ4v) is 2.35. The van der Waals surface area contributed by atoms with Crippen LogP contribution < -0.4 is 5.32 Å². The van der Waals surface area contributed by atoms with Crippen LogP contribution in [0.1, 0.15) is 18.1 Å². The average molecular weight is 287 g/mol. The zero-order valence-electron chi connectivity index (χ0n) is 10.1. The number of rotatable bonds is 6. The normalized spacial score (nSPS) is 11.2. The van der Waals surface area contributed by atoms with Gasteiger partial charge >= 0.3 is 0 Å². The van der Waals surface area contributed by atoms with Crippen molar-refractivity contribution in [1.29, 1.82) is 5.26 Å². The Morgan fingerprint density at radius 1 is 1.44 bits per heavy atom. The topological polar surface area (TPSA) is 70.0 Å². The lowest BCUT2D eigenvalue weighted by Crippen LogP contribution is -2.23. The highest BCUT2D eigenvalue weighted by Gasteiger charge is 2.07. The van der Waals surface area contributed by atoms with Gasteiger partial charge in [0.1, 0.15) is 0 Å². The summed E-state index contributed by atoms with van der Waals surface area (Å²) in [4.78, 5) is 0. The minimum atomic E-state index is -2.93. The lowest BCUT2D eigenvalue weighted by atomic mass is 10.1. The first-order valence-electron chi connectivity index (χ1n) is 5.58. The molecule has 0 atom stereocenters. The number of sulfone groups is 1. The lowest BCUT2D eigenvalue weighted by Gasteiger charge is -2.07. The van der Waals surface area contributed by atoms with E-state index in [2.05, 4.69) is 5.32 Å². The molecule has 0 radical (unpaired) electrons. The Morgan fingerprint density at radius 3 is 2.72 bits per heavy atom. The molecule has 0 amide bonds. The number of nitrogens with one attached hydrogen (secondary N) is 1. The third-order valence-corrected chi connectivity index (χ3v) is 4.58. The Labute approximate surface area is 112 Å². The molecule has 0 aromatic heterocycles. The molecule has 0 saturated carbocycles. The van der Waals surface area contributed by atoms with Gasteiger partial charge in [-0.1, -0.05) is 24.6 Å². The first-order chi connectivity index (χ1) is 8.48. The molecule has 98 valence electrons. The fourth-order valence-electron chi connectivity index (χ4n) is 1.36. The molecular formula is C12H15ClN2O2S. The van der Waals surface area contributed by atoms with Crippen LogP contribution in [0.2, 0.25) is 5.02 Å². The molecular weight excluding hydrogens is 272 g/mol. The number of nitriles is 1. The quantitative estimate of drug-likeness (QED) is 0.809. The predicted octanol–water partition coefficient (Wildman–Crippen LogP) is 1.74. The van der Waals surface area contributed by atoms with Gasteiger partial charge in [0.25, 0.3) is 0 Å². The summed E-state index contributed by atoms with van der Waals surface area (Å²) < 4.78 is 22.5. The second kappa shape index (κ2) is 6.74. The second-order valence-electron chi connectivity index (χ2n) is 3.83. The number of hydrogen-bond donors (Lipinski definition) is 1. The van der Waals surface area contributed by atoms with E-state index in [1.807, 2.05) is 6.07 Å². The molecule has 0 unspecified atom stereocenters. The summed E-state index contributed by atoms with van der Waals surface area (Å²) in [5, 5.41) is 12.2. The van der Waals surface area contributed by atoms with Crippen molar-refractivity contribution in [1.82, 2.24) is 5.32 Å². The molecule has 18 heavy (non-hydrogen) atoms. The summed E-state index contributed by atoms with van der Waals surface area (Å²) in [6, 6.07) is 7.06. The highest BCUT2D eigenvalue weighted by molar-refractivity contribution is 7.91. The highest BCUT2D eigenvalue weighted by atomic mass is 35.5. The smallest absolute Gasteiger partial charge is 0.151 e. The van der Waals surface area contributed by atoms with E-state index in [-0.39, 0.29) is 11.5 Å². The first kappa shape index (κ1) is 15.0. The van der Waals surface area contributed by atoms with E-state index < -0.39 is 9.84 Å². The van der Waals surface area contributed by atoms with E-state index in [9.17, 15) is 8.42 Å². The molecule has 1 N–H and O–H groups in total. The van der Waals surface area contributed by atoms with E-state index in [0.717, 1.165) is 5.56 Å². The van der Waals surface area contributed by atoms with Crippen LogP contribution in [0.25, 0.3) is 0 Å². The summed E-state index contributed by atoms with van der Waals surface area (Å²) in [5.74, 6) is 0.281. The highest BCUT2D eigenvalue weighted by Crippen LogP contribution is 2.17. The number of benzene rings is 1. The van der Waals surface area contributed by atoms with Gasteiger partial charge in [0, 0.05) is 23.9 Å². The van der Waals surface area contributed by atoms with Crippen LogP contribution in [-0.4, -0.2) is 26.5 Å². The van der Waals surface area contributed by atoms with Crippen molar-refractivity contribution in [3.8, 4) is 6.07 Å². The third-order valence-electron chi connectivity index (χ3n) is 2.53. The summed E-state index contributed by atoms with van der Waals surface area (Å²) in [5.41, 5.74) is 1.36. The Morgan fingerprint density at radius 2 is 2.17 bits per heavy atom. The number of halogens is 1. The molecule has 0 bridgehead atoms. The van der Waals surface area contributed by atoms with Crippen LogP contribution in [0, 0.1) is 11.3 Å². The average Bonchev–Trinajstić information content (AvgIpc) is 2.36. The summed E-state index contributed by atoms with van der Waals surface area (Å²) in [7, 11) is -2.93. The van der Waals surface area contributed by atoms with Gasteiger partial charge in [-0.2, -0.15) is 5.26 Å². The SMILES string of the molecule is CCS(=O)(=O)CCNCc1ccc(C#N)cc1Cl. The van der Waals surface area contributed by atoms with Gasteiger partial charge in [-0.3, -0.25) is 0 Å². The zero-order chi connectivity index (χ0) is 13.6. The monoisotopic (exact) mass is 286 g/mol. The molecule has 1 aromatic carbocycles. The molecule has 4 nitrogen and oxygen atoms in total. The van der Waals surface area contributed by atoms with E-state index in [1.54, 1.807) is 25.1 Å². The number of hydrogen-bond acceptors (Lipinski definition) is 4. The molecule has 1 rings (SSSR count). The lowest BCUT2D eigenvalue weighted by molar-refractivity contribution is 0.592. The van der Waals surface area contributed by atoms with Crippen molar-refractivity contribution < 1.29 is 8.42 Å². The van der Waals surface area contributed by atoms with Crippen LogP contribution in [0.3, 0.4) is 0 Å². The van der Waals surface area contributed by atoms with Gasteiger partial charge in [0.15, 0.2) is 9.84 Å². The summed E-state index contributed by atoms with van der Waals surface area (Å²) >= 11 is 5.99. The Bertz CT molecular complexity index is 550. The van der Waals surface area contributed by atoms with Crippen molar-refractivity contribution in [2.45, 2.75) is 13.5 Å². The molecule has 6 heteroatoms. The Balaban J connectivity index is 2.48. The van der Waals surface area contributed by atoms with Gasteiger partial charge in [0.2, 0.25) is 0 Å². The number of nitrogens with zero attached hydrogens (tertiary/aromatic N) is 1. The van der Waals surface area contributed by atoms with Gasteiger partial charge in [0.05, 0.1) is 17.4 Å². The molecule has 1 aromatic rings. The molecule has 0 heterocycles. The van der Waals surface area contributed by atoms with Gasteiger partial charge < -0.3 is 5.32 Å². The van der Waals surface area contributed by atoms with Crippen LogP contribution >= 0.6 is 11.6 Å². The minimum absolute atomic E-state index is 0.122. The van der Waals surface area contributed by atoms with E-state index in [1.165, 1.54) is 0 Å². The van der Waals surface area contributed by atoms with E-state index in [4.69, 9.17) is 16.9 Å². The summed E-state index contributed by atoms with van der Waals surface area (Å²) in [6.07, 6.45) is 0. The molecule has 0 fully saturated rings. The second-order valence-corrected chi connectivity index (χ2v) is 6.71. The minimum Gasteiger partial charge on any atom is -0.312 e. The fraction of sp³-hybridized carbons (Fsp3) is 0.417. The van der Waals surface area contributed by atoms with E-state index in [0.29, 0.717) is 23.7 Å². The van der Waals surface area contributed by atoms with Crippen molar-refractivity contribution >= 4 is 21.4 Å². The molecule has 0 aliphatic heterocycles. The van der Waals surface area contributed by atoms with Crippen LogP contribution in [0.5, 0.6) is 0 Å². The van der Waals surface area contributed by atoms with Crippen molar-refractivity contribution in [2.75, 3.05) is 18.1 Å². The molecule has 0 aliphatic rings. The maximum absolute atomic E-state index is 11.3. The standard InChI is InChI=1S/C12H15ClN2O2S/c1-2-18(16,17)6-5-15-9-11-4-3-10(8-14)7-12(11)13/h3-4,7,15H,2,5-6,9H2,1H3. The maximum atomic E-state index is 11.3. The van der Waals surface area contributed by atoms with E-state index >= 15 is 0 Å². The van der Waals surface area contributed by atoms with Gasteiger partial charge in [-0.05, 0) is 17.7 Å². The third kappa shape index (κ3) is 4.65. The van der Waals surface area contributed by atoms with Gasteiger partial charge in [-0.25, -0.2) is 8.42 Å².